The fraction of sp³-hybridized carbons (Fsp3) is 0.214. The number of carbonyl (C=O) groups is 4. The first kappa shape index (κ1) is 30.0. The number of carbonyl (C=O) groups excluding carboxylic acids is 4. The minimum Gasteiger partial charge on any atom is -0.369 e. The number of benzene rings is 3. The molecule has 4 rings (SSSR count). The highest BCUT2D eigenvalue weighted by molar-refractivity contribution is 7.93. The van der Waals surface area contributed by atoms with Gasteiger partial charge in [0, 0.05) is 29.6 Å². The Kier molecular flexibility index (Phi) is 9.31. The molecule has 3 aromatic carbocycles. The van der Waals surface area contributed by atoms with Crippen molar-refractivity contribution in [1.29, 1.82) is 0 Å². The van der Waals surface area contributed by atoms with Gasteiger partial charge in [0.2, 0.25) is 11.8 Å². The summed E-state index contributed by atoms with van der Waals surface area (Å²) in [5.74, 6) is -2.43. The summed E-state index contributed by atoms with van der Waals surface area (Å²) in [5, 5.41) is 2.79. The van der Waals surface area contributed by atoms with E-state index >= 15 is 0 Å². The highest BCUT2D eigenvalue weighted by Crippen LogP contribution is 2.29. The van der Waals surface area contributed by atoms with Crippen LogP contribution in [0.5, 0.6) is 0 Å². The Balaban J connectivity index is 1.50. The molecule has 0 unspecified atom stereocenters. The van der Waals surface area contributed by atoms with Crippen molar-refractivity contribution in [2.45, 2.75) is 17.7 Å². The van der Waals surface area contributed by atoms with E-state index in [1.54, 1.807) is 23.1 Å². The zero-order valence-corrected chi connectivity index (χ0v) is 24.0. The van der Waals surface area contributed by atoms with E-state index in [1.165, 1.54) is 54.6 Å². The van der Waals surface area contributed by atoms with Crippen molar-refractivity contribution in [2.24, 2.45) is 11.7 Å². The maximum absolute atomic E-state index is 13.7. The van der Waals surface area contributed by atoms with Gasteiger partial charge >= 0.3 is 0 Å². The molecular weight excluding hydrogens is 591 g/mol. The number of piperidine rings is 1. The van der Waals surface area contributed by atoms with Gasteiger partial charge in [-0.15, -0.1) is 0 Å². The lowest BCUT2D eigenvalue weighted by atomic mass is 9.96. The molecule has 1 heterocycles. The molecule has 1 saturated heterocycles. The third-order valence-electron chi connectivity index (χ3n) is 6.64. The molecule has 0 aromatic heterocycles. The number of halogens is 2. The minimum atomic E-state index is -4.46. The Morgan fingerprint density at radius 3 is 2.15 bits per heavy atom. The lowest BCUT2D eigenvalue weighted by Crippen LogP contribution is -2.45. The Hall–Kier alpha value is -3.93. The van der Waals surface area contributed by atoms with Crippen molar-refractivity contribution in [3.63, 3.8) is 0 Å². The molecule has 10 nitrogen and oxygen atoms in total. The number of hydrogen-bond acceptors (Lipinski definition) is 6. The van der Waals surface area contributed by atoms with E-state index in [0.717, 1.165) is 0 Å². The maximum atomic E-state index is 13.7. The molecule has 3 N–H and O–H groups in total. The summed E-state index contributed by atoms with van der Waals surface area (Å²) < 4.78 is 28.1. The van der Waals surface area contributed by atoms with Gasteiger partial charge in [-0.1, -0.05) is 41.4 Å². The van der Waals surface area contributed by atoms with E-state index in [9.17, 15) is 27.6 Å². The van der Waals surface area contributed by atoms with Crippen LogP contribution in [0.15, 0.2) is 77.7 Å². The van der Waals surface area contributed by atoms with Gasteiger partial charge in [0.1, 0.15) is 0 Å². The number of para-hydroxylation sites is 1. The molecule has 0 bridgehead atoms. The SMILES string of the molecule is NC(=O)C1CCN(C(=O)CNC(=O)c2ccc(S(=O)(=O)N(C(=O)c3ccc(Cl)cc3Cl)c3ccccc3)cc2)CC1. The number of hydrogen-bond donors (Lipinski definition) is 2. The highest BCUT2D eigenvalue weighted by Gasteiger charge is 2.33. The summed E-state index contributed by atoms with van der Waals surface area (Å²) in [6.45, 7) is 0.470. The van der Waals surface area contributed by atoms with Crippen LogP contribution < -0.4 is 15.4 Å². The Labute approximate surface area is 247 Å². The summed E-state index contributed by atoms with van der Waals surface area (Å²) in [7, 11) is -4.46. The van der Waals surface area contributed by atoms with Crippen molar-refractivity contribution < 1.29 is 27.6 Å². The van der Waals surface area contributed by atoms with E-state index in [4.69, 9.17) is 28.9 Å². The molecule has 1 fully saturated rings. The Bertz CT molecular complexity index is 1570. The molecule has 1 aliphatic heterocycles. The predicted octanol–water partition coefficient (Wildman–Crippen LogP) is 3.48. The molecule has 0 atom stereocenters. The van der Waals surface area contributed by atoms with Crippen LogP contribution in [-0.4, -0.2) is 56.6 Å². The van der Waals surface area contributed by atoms with Crippen molar-refractivity contribution in [2.75, 3.05) is 23.9 Å². The van der Waals surface area contributed by atoms with Gasteiger partial charge in [-0.25, -0.2) is 8.42 Å². The molecule has 0 aliphatic carbocycles. The molecular formula is C28H26Cl2N4O6S. The maximum Gasteiger partial charge on any atom is 0.273 e. The number of amides is 4. The molecule has 0 spiro atoms. The summed E-state index contributed by atoms with van der Waals surface area (Å²) in [5.41, 5.74) is 5.45. The zero-order chi connectivity index (χ0) is 29.7. The van der Waals surface area contributed by atoms with Crippen molar-refractivity contribution in [3.05, 3.63) is 94.0 Å². The molecule has 1 aliphatic rings. The quantitative estimate of drug-likeness (QED) is 0.396. The molecule has 4 amide bonds. The molecule has 214 valence electrons. The van der Waals surface area contributed by atoms with Crippen LogP contribution in [0.4, 0.5) is 5.69 Å². The van der Waals surface area contributed by atoms with Crippen LogP contribution in [0.1, 0.15) is 33.6 Å². The van der Waals surface area contributed by atoms with Crippen LogP contribution in [-0.2, 0) is 19.6 Å². The van der Waals surface area contributed by atoms with Crippen LogP contribution >= 0.6 is 23.2 Å². The number of sulfonamides is 1. The zero-order valence-electron chi connectivity index (χ0n) is 21.6. The van der Waals surface area contributed by atoms with E-state index in [0.29, 0.717) is 30.2 Å². The van der Waals surface area contributed by atoms with Crippen LogP contribution in [0.3, 0.4) is 0 Å². The van der Waals surface area contributed by atoms with Crippen LogP contribution in [0.25, 0.3) is 0 Å². The van der Waals surface area contributed by atoms with Crippen molar-refractivity contribution in [3.8, 4) is 0 Å². The highest BCUT2D eigenvalue weighted by atomic mass is 35.5. The Morgan fingerprint density at radius 2 is 1.56 bits per heavy atom. The second-order valence-electron chi connectivity index (χ2n) is 9.30. The normalized spacial score (nSPS) is 13.9. The first-order valence-corrected chi connectivity index (χ1v) is 14.7. The van der Waals surface area contributed by atoms with Crippen molar-refractivity contribution in [1.82, 2.24) is 10.2 Å². The smallest absolute Gasteiger partial charge is 0.273 e. The third-order valence-corrected chi connectivity index (χ3v) is 8.91. The number of anilines is 1. The van der Waals surface area contributed by atoms with E-state index in [2.05, 4.69) is 5.32 Å². The van der Waals surface area contributed by atoms with Crippen LogP contribution in [0, 0.1) is 5.92 Å². The van der Waals surface area contributed by atoms with Gasteiger partial charge < -0.3 is 16.0 Å². The second kappa shape index (κ2) is 12.7. The fourth-order valence-corrected chi connectivity index (χ4v) is 6.26. The van der Waals surface area contributed by atoms with E-state index in [1.807, 2.05) is 0 Å². The van der Waals surface area contributed by atoms with Gasteiger partial charge in [0.15, 0.2) is 0 Å². The lowest BCUT2D eigenvalue weighted by molar-refractivity contribution is -0.133. The monoisotopic (exact) mass is 616 g/mol. The standard InChI is InChI=1S/C28H26Cl2N4O6S/c29-20-8-11-23(24(30)16-20)28(38)34(21-4-2-1-3-5-21)41(39,40)22-9-6-19(7-10-22)27(37)32-17-25(35)33-14-12-18(13-15-33)26(31)36/h1-11,16,18H,12-15,17H2,(H2,31,36)(H,32,37). The van der Waals surface area contributed by atoms with Gasteiger partial charge in [0.05, 0.1) is 27.7 Å². The largest absolute Gasteiger partial charge is 0.369 e. The number of nitrogens with zero attached hydrogens (tertiary/aromatic N) is 2. The first-order valence-electron chi connectivity index (χ1n) is 12.5. The Morgan fingerprint density at radius 1 is 0.927 bits per heavy atom. The molecule has 41 heavy (non-hydrogen) atoms. The minimum absolute atomic E-state index is 0.0163. The molecule has 0 radical (unpaired) electrons. The van der Waals surface area contributed by atoms with Gasteiger partial charge in [0.25, 0.3) is 21.8 Å². The summed E-state index contributed by atoms with van der Waals surface area (Å²) >= 11 is 12.2. The lowest BCUT2D eigenvalue weighted by Gasteiger charge is -2.30. The average molecular weight is 618 g/mol. The number of rotatable bonds is 8. The molecule has 13 heteroatoms. The number of likely N-dealkylation sites (tertiary alicyclic amines) is 1. The van der Waals surface area contributed by atoms with Gasteiger partial charge in [-0.05, 0) is 67.4 Å². The number of nitrogens with two attached hydrogens (primary N) is 1. The topological polar surface area (TPSA) is 147 Å². The average Bonchev–Trinajstić information content (AvgIpc) is 2.96. The summed E-state index contributed by atoms with van der Waals surface area (Å²) in [4.78, 5) is 51.3. The third kappa shape index (κ3) is 6.87. The summed E-state index contributed by atoms with van der Waals surface area (Å²) in [6, 6.07) is 16.9. The van der Waals surface area contributed by atoms with Crippen molar-refractivity contribution >= 4 is 62.5 Å². The summed E-state index contributed by atoms with van der Waals surface area (Å²) in [6.07, 6.45) is 0.940. The van der Waals surface area contributed by atoms with Gasteiger partial charge in [-0.2, -0.15) is 4.31 Å². The molecule has 0 saturated carbocycles. The van der Waals surface area contributed by atoms with E-state index < -0.39 is 21.8 Å². The first-order chi connectivity index (χ1) is 19.5. The van der Waals surface area contributed by atoms with Gasteiger partial charge in [-0.3, -0.25) is 19.2 Å². The number of nitrogens with one attached hydrogen (secondary N) is 1. The second-order valence-corrected chi connectivity index (χ2v) is 11.9. The molecule has 3 aromatic rings. The fourth-order valence-electron chi connectivity index (χ4n) is 4.37. The van der Waals surface area contributed by atoms with E-state index in [-0.39, 0.29) is 56.0 Å². The van der Waals surface area contributed by atoms with Crippen LogP contribution in [0.2, 0.25) is 10.0 Å². The predicted molar refractivity (Wildman–Crippen MR) is 154 cm³/mol. The number of primary amides is 1.